The van der Waals surface area contributed by atoms with Gasteiger partial charge in [-0.2, -0.15) is 0 Å². The SMILES string of the molecule is CC/C=C\C/C=C\C/C=C\C/C=C\CCCCCCCCCCCCCCC(=O)OCC(COC(=O)CCCCCCCCCCCCCCC)OC(=O)CCCCCCCCC/C=C\CCCCCCCC. The van der Waals surface area contributed by atoms with Crippen molar-refractivity contribution in [2.24, 2.45) is 0 Å². The second-order valence-electron chi connectivity index (χ2n) is 21.3. The summed E-state index contributed by atoms with van der Waals surface area (Å²) in [4.78, 5) is 38.3. The van der Waals surface area contributed by atoms with E-state index < -0.39 is 6.10 Å². The highest BCUT2D eigenvalue weighted by Gasteiger charge is 2.19. The molecule has 424 valence electrons. The number of unbranched alkanes of at least 4 members (excludes halogenated alkanes) is 37. The van der Waals surface area contributed by atoms with Gasteiger partial charge in [0.05, 0.1) is 0 Å². The fraction of sp³-hybridized carbons (Fsp3) is 0.806. The fourth-order valence-electron chi connectivity index (χ4n) is 9.25. The van der Waals surface area contributed by atoms with Crippen LogP contribution in [0.15, 0.2) is 60.8 Å². The van der Waals surface area contributed by atoms with Gasteiger partial charge in [-0.05, 0) is 83.5 Å². The van der Waals surface area contributed by atoms with Gasteiger partial charge in [0.15, 0.2) is 6.10 Å². The summed E-state index contributed by atoms with van der Waals surface area (Å²) in [5.41, 5.74) is 0. The van der Waals surface area contributed by atoms with Gasteiger partial charge in [0.1, 0.15) is 13.2 Å². The number of esters is 3. The van der Waals surface area contributed by atoms with E-state index in [4.69, 9.17) is 14.2 Å². The first kappa shape index (κ1) is 70.1. The van der Waals surface area contributed by atoms with E-state index in [-0.39, 0.29) is 31.1 Å². The average molecular weight is 1020 g/mol. The molecular weight excluding hydrogens is 901 g/mol. The van der Waals surface area contributed by atoms with E-state index >= 15 is 0 Å². The van der Waals surface area contributed by atoms with E-state index in [9.17, 15) is 14.4 Å². The van der Waals surface area contributed by atoms with Crippen LogP contribution in [0.1, 0.15) is 329 Å². The quantitative estimate of drug-likeness (QED) is 0.0261. The van der Waals surface area contributed by atoms with E-state index in [1.807, 2.05) is 0 Å². The summed E-state index contributed by atoms with van der Waals surface area (Å²) in [6, 6.07) is 0. The van der Waals surface area contributed by atoms with Crippen LogP contribution in [0.3, 0.4) is 0 Å². The Bertz CT molecular complexity index is 1310. The number of rotatable bonds is 58. The second-order valence-corrected chi connectivity index (χ2v) is 21.3. The molecule has 0 aliphatic carbocycles. The van der Waals surface area contributed by atoms with Crippen LogP contribution in [-0.4, -0.2) is 37.2 Å². The third-order valence-corrected chi connectivity index (χ3v) is 14.0. The van der Waals surface area contributed by atoms with Crippen LogP contribution >= 0.6 is 0 Å². The molecule has 0 aliphatic heterocycles. The van der Waals surface area contributed by atoms with Crippen LogP contribution in [0.4, 0.5) is 0 Å². The van der Waals surface area contributed by atoms with E-state index in [1.165, 1.54) is 205 Å². The predicted molar refractivity (Wildman–Crippen MR) is 316 cm³/mol. The van der Waals surface area contributed by atoms with E-state index in [1.54, 1.807) is 0 Å². The largest absolute Gasteiger partial charge is 0.462 e. The van der Waals surface area contributed by atoms with Crippen LogP contribution in [0.5, 0.6) is 0 Å². The Labute approximate surface area is 453 Å². The summed E-state index contributed by atoms with van der Waals surface area (Å²) in [6.07, 6.45) is 77.9. The standard InChI is InChI=1S/C67H120O6/c1-4-7-10-13-16-19-22-25-27-29-30-31-32-33-34-35-36-38-39-42-45-48-51-54-57-60-66(69)72-63-64(62-71-65(68)59-56-53-50-47-44-41-24-21-18-15-12-9-6-3)73-67(70)61-58-55-52-49-46-43-40-37-28-26-23-20-17-14-11-8-5-2/h7,10,16,19,25-28,30-31,64H,4-6,8-9,11-15,17-18,20-24,29,32-63H2,1-3H3/b10-7-,19-16-,27-25-,28-26-,31-30-. The molecule has 0 bridgehead atoms. The third-order valence-electron chi connectivity index (χ3n) is 14.0. The van der Waals surface area contributed by atoms with Crippen LogP contribution in [0.2, 0.25) is 0 Å². The zero-order valence-corrected chi connectivity index (χ0v) is 48.7. The minimum absolute atomic E-state index is 0.0722. The average Bonchev–Trinajstić information content (AvgIpc) is 3.39. The molecule has 0 aliphatic rings. The highest BCUT2D eigenvalue weighted by molar-refractivity contribution is 5.71. The predicted octanol–water partition coefficient (Wildman–Crippen LogP) is 21.6. The Morgan fingerprint density at radius 2 is 0.534 bits per heavy atom. The molecule has 0 saturated carbocycles. The molecule has 6 nitrogen and oxygen atoms in total. The van der Waals surface area contributed by atoms with Crippen molar-refractivity contribution in [1.82, 2.24) is 0 Å². The third kappa shape index (κ3) is 59.9. The minimum Gasteiger partial charge on any atom is -0.462 e. The lowest BCUT2D eigenvalue weighted by molar-refractivity contribution is -0.167. The summed E-state index contributed by atoms with van der Waals surface area (Å²) < 4.78 is 16.9. The molecule has 0 heterocycles. The zero-order chi connectivity index (χ0) is 52.9. The zero-order valence-electron chi connectivity index (χ0n) is 48.7. The monoisotopic (exact) mass is 1020 g/mol. The Morgan fingerprint density at radius 1 is 0.288 bits per heavy atom. The van der Waals surface area contributed by atoms with Crippen molar-refractivity contribution in [2.45, 2.75) is 335 Å². The number of carbonyl (C=O) groups is 3. The molecule has 0 radical (unpaired) electrons. The topological polar surface area (TPSA) is 78.9 Å². The Kier molecular flexibility index (Phi) is 59.2. The molecule has 0 aromatic carbocycles. The molecule has 0 aromatic rings. The van der Waals surface area contributed by atoms with E-state index in [2.05, 4.69) is 81.5 Å². The number of ether oxygens (including phenoxy) is 3. The van der Waals surface area contributed by atoms with Gasteiger partial charge in [-0.25, -0.2) is 0 Å². The summed E-state index contributed by atoms with van der Waals surface area (Å²) >= 11 is 0. The van der Waals surface area contributed by atoms with Crippen molar-refractivity contribution in [3.05, 3.63) is 60.8 Å². The smallest absolute Gasteiger partial charge is 0.306 e. The first-order chi connectivity index (χ1) is 36.0. The lowest BCUT2D eigenvalue weighted by Gasteiger charge is -2.18. The van der Waals surface area contributed by atoms with E-state index in [0.29, 0.717) is 19.3 Å². The molecule has 1 unspecified atom stereocenters. The van der Waals surface area contributed by atoms with Crippen molar-refractivity contribution < 1.29 is 28.6 Å². The highest BCUT2D eigenvalue weighted by atomic mass is 16.6. The van der Waals surface area contributed by atoms with Gasteiger partial charge in [0.25, 0.3) is 0 Å². The van der Waals surface area contributed by atoms with Gasteiger partial charge in [-0.15, -0.1) is 0 Å². The van der Waals surface area contributed by atoms with Crippen molar-refractivity contribution in [2.75, 3.05) is 13.2 Å². The molecule has 0 N–H and O–H groups in total. The van der Waals surface area contributed by atoms with Crippen molar-refractivity contribution in [3.8, 4) is 0 Å². The summed E-state index contributed by atoms with van der Waals surface area (Å²) in [6.45, 7) is 6.56. The molecule has 1 atom stereocenters. The molecule has 0 spiro atoms. The molecular formula is C67H120O6. The highest BCUT2D eigenvalue weighted by Crippen LogP contribution is 2.17. The number of hydrogen-bond donors (Lipinski definition) is 0. The summed E-state index contributed by atoms with van der Waals surface area (Å²) in [5.74, 6) is -0.861. The van der Waals surface area contributed by atoms with Gasteiger partial charge in [0.2, 0.25) is 0 Å². The van der Waals surface area contributed by atoms with Crippen LogP contribution in [0.25, 0.3) is 0 Å². The first-order valence-electron chi connectivity index (χ1n) is 31.8. The summed E-state index contributed by atoms with van der Waals surface area (Å²) in [5, 5.41) is 0. The van der Waals surface area contributed by atoms with Gasteiger partial charge in [-0.1, -0.05) is 287 Å². The molecule has 0 fully saturated rings. The van der Waals surface area contributed by atoms with E-state index in [0.717, 1.165) is 83.5 Å². The lowest BCUT2D eigenvalue weighted by atomic mass is 10.0. The van der Waals surface area contributed by atoms with Crippen LogP contribution < -0.4 is 0 Å². The van der Waals surface area contributed by atoms with Gasteiger partial charge < -0.3 is 14.2 Å². The van der Waals surface area contributed by atoms with Gasteiger partial charge >= 0.3 is 17.9 Å². The molecule has 0 aromatic heterocycles. The normalized spacial score (nSPS) is 12.4. The van der Waals surface area contributed by atoms with Crippen molar-refractivity contribution >= 4 is 17.9 Å². The number of carbonyl (C=O) groups excluding carboxylic acids is 3. The molecule has 73 heavy (non-hydrogen) atoms. The molecule has 0 rings (SSSR count). The summed E-state index contributed by atoms with van der Waals surface area (Å²) in [7, 11) is 0. The number of allylic oxidation sites excluding steroid dienone is 10. The molecule has 0 amide bonds. The first-order valence-corrected chi connectivity index (χ1v) is 31.8. The lowest BCUT2D eigenvalue weighted by Crippen LogP contribution is -2.30. The van der Waals surface area contributed by atoms with Crippen LogP contribution in [-0.2, 0) is 28.6 Å². The fourth-order valence-corrected chi connectivity index (χ4v) is 9.25. The van der Waals surface area contributed by atoms with Crippen LogP contribution in [0, 0.1) is 0 Å². The molecule has 0 saturated heterocycles. The van der Waals surface area contributed by atoms with Gasteiger partial charge in [-0.3, -0.25) is 14.4 Å². The van der Waals surface area contributed by atoms with Crippen molar-refractivity contribution in [3.63, 3.8) is 0 Å². The van der Waals surface area contributed by atoms with Crippen molar-refractivity contribution in [1.29, 1.82) is 0 Å². The maximum absolute atomic E-state index is 12.9. The Balaban J connectivity index is 4.28. The number of hydrogen-bond acceptors (Lipinski definition) is 6. The van der Waals surface area contributed by atoms with Gasteiger partial charge in [0, 0.05) is 19.3 Å². The minimum atomic E-state index is -0.775. The maximum atomic E-state index is 12.9. The Morgan fingerprint density at radius 3 is 0.849 bits per heavy atom. The second kappa shape index (κ2) is 61.7. The molecule has 6 heteroatoms. The Hall–Kier alpha value is -2.89. The maximum Gasteiger partial charge on any atom is 0.306 e.